The minimum Gasteiger partial charge on any atom is -0.493 e. The lowest BCUT2D eigenvalue weighted by Gasteiger charge is -2.35. The van der Waals surface area contributed by atoms with Gasteiger partial charge in [0.25, 0.3) is 0 Å². The van der Waals surface area contributed by atoms with Crippen LogP contribution in [0.15, 0.2) is 55.4 Å². The number of aromatic nitrogens is 2. The molecule has 2 heterocycles. The highest BCUT2D eigenvalue weighted by Gasteiger charge is 2.24. The molecule has 9 nitrogen and oxygen atoms in total. The molecule has 0 spiro atoms. The monoisotopic (exact) mass is 477 g/mol. The summed E-state index contributed by atoms with van der Waals surface area (Å²) in [7, 11) is 1.60. The fourth-order valence-electron chi connectivity index (χ4n) is 3.94. The van der Waals surface area contributed by atoms with Crippen molar-refractivity contribution in [1.82, 2.24) is 14.9 Å². The van der Waals surface area contributed by atoms with Gasteiger partial charge in [0.15, 0.2) is 11.5 Å². The molecule has 1 aromatic heterocycles. The maximum atomic E-state index is 12.8. The predicted molar refractivity (Wildman–Crippen MR) is 137 cm³/mol. The third kappa shape index (κ3) is 5.74. The lowest BCUT2D eigenvalue weighted by molar-refractivity contribution is 0.208. The summed E-state index contributed by atoms with van der Waals surface area (Å²) in [5.74, 6) is 2.80. The Morgan fingerprint density at radius 2 is 1.86 bits per heavy atom. The zero-order valence-electron chi connectivity index (χ0n) is 20.4. The first-order chi connectivity index (χ1) is 17.0. The number of carbonyl (C=O) groups excluding carboxylic acids is 1. The van der Waals surface area contributed by atoms with Crippen LogP contribution in [0.25, 0.3) is 10.9 Å². The quantitative estimate of drug-likeness (QED) is 0.483. The number of methoxy groups -OCH3 is 1. The minimum absolute atomic E-state index is 0.104. The van der Waals surface area contributed by atoms with Crippen LogP contribution >= 0.6 is 0 Å². The van der Waals surface area contributed by atoms with Gasteiger partial charge in [-0.05, 0) is 44.2 Å². The Hall–Kier alpha value is -4.01. The molecule has 0 radical (unpaired) electrons. The first kappa shape index (κ1) is 24.1. The molecule has 1 aliphatic heterocycles. The number of piperazine rings is 1. The molecule has 184 valence electrons. The van der Waals surface area contributed by atoms with Crippen LogP contribution in [0.1, 0.15) is 13.8 Å². The third-order valence-electron chi connectivity index (χ3n) is 5.60. The van der Waals surface area contributed by atoms with E-state index in [1.54, 1.807) is 24.4 Å². The molecule has 0 atom stereocenters. The van der Waals surface area contributed by atoms with Crippen molar-refractivity contribution in [2.75, 3.05) is 50.1 Å². The molecular weight excluding hydrogens is 446 g/mol. The molecule has 2 amide bonds. The van der Waals surface area contributed by atoms with Gasteiger partial charge in [0.05, 0.1) is 18.7 Å². The predicted octanol–water partition coefficient (Wildman–Crippen LogP) is 4.34. The van der Waals surface area contributed by atoms with Gasteiger partial charge in [-0.15, -0.1) is 0 Å². The van der Waals surface area contributed by atoms with Crippen molar-refractivity contribution in [3.05, 3.63) is 55.4 Å². The van der Waals surface area contributed by atoms with E-state index in [1.807, 2.05) is 50.2 Å². The fraction of sp³-hybridized carbons (Fsp3) is 0.346. The van der Waals surface area contributed by atoms with Gasteiger partial charge in [0.1, 0.15) is 24.5 Å². The summed E-state index contributed by atoms with van der Waals surface area (Å²) in [6, 6.07) is 11.0. The smallest absolute Gasteiger partial charge is 0.321 e. The summed E-state index contributed by atoms with van der Waals surface area (Å²) in [4.78, 5) is 25.7. The van der Waals surface area contributed by atoms with E-state index in [9.17, 15) is 4.79 Å². The van der Waals surface area contributed by atoms with E-state index in [1.165, 1.54) is 0 Å². The van der Waals surface area contributed by atoms with E-state index in [4.69, 9.17) is 14.2 Å². The molecule has 0 bridgehead atoms. The molecule has 0 aliphatic carbocycles. The van der Waals surface area contributed by atoms with Crippen molar-refractivity contribution < 1.29 is 19.0 Å². The Kier molecular flexibility index (Phi) is 7.54. The van der Waals surface area contributed by atoms with Crippen LogP contribution in [0, 0.1) is 0 Å². The highest BCUT2D eigenvalue weighted by atomic mass is 16.5. The second kappa shape index (κ2) is 10.9. The SMILES string of the molecule is C=CCOc1cc2ncnc(N3CCN(C(=O)Nc4ccc(OC(C)C)cc4)CC3)c2cc1OC. The Morgan fingerprint density at radius 3 is 2.51 bits per heavy atom. The maximum absolute atomic E-state index is 12.8. The summed E-state index contributed by atoms with van der Waals surface area (Å²) in [5.41, 5.74) is 1.50. The molecule has 1 saturated heterocycles. The maximum Gasteiger partial charge on any atom is 0.321 e. The van der Waals surface area contributed by atoms with Gasteiger partial charge in [-0.3, -0.25) is 0 Å². The molecule has 0 saturated carbocycles. The fourth-order valence-corrected chi connectivity index (χ4v) is 3.94. The summed E-state index contributed by atoms with van der Waals surface area (Å²) >= 11 is 0. The van der Waals surface area contributed by atoms with Gasteiger partial charge in [-0.2, -0.15) is 0 Å². The van der Waals surface area contributed by atoms with Gasteiger partial charge >= 0.3 is 6.03 Å². The van der Waals surface area contributed by atoms with E-state index < -0.39 is 0 Å². The number of amides is 2. The van der Waals surface area contributed by atoms with Crippen LogP contribution in [0.4, 0.5) is 16.3 Å². The summed E-state index contributed by atoms with van der Waals surface area (Å²) < 4.78 is 16.9. The van der Waals surface area contributed by atoms with Crippen LogP contribution in [0.5, 0.6) is 17.2 Å². The average molecular weight is 478 g/mol. The number of benzene rings is 2. The van der Waals surface area contributed by atoms with Gasteiger partial charge < -0.3 is 29.3 Å². The van der Waals surface area contributed by atoms with Crippen molar-refractivity contribution in [2.24, 2.45) is 0 Å². The Bertz CT molecular complexity index is 1170. The average Bonchev–Trinajstić information content (AvgIpc) is 2.87. The normalized spacial score (nSPS) is 13.6. The Balaban J connectivity index is 1.42. The van der Waals surface area contributed by atoms with Crippen LogP contribution in [0.3, 0.4) is 0 Å². The van der Waals surface area contributed by atoms with Gasteiger partial charge in [0, 0.05) is 43.3 Å². The lowest BCUT2D eigenvalue weighted by atomic mass is 10.2. The molecule has 1 aliphatic rings. The molecule has 1 fully saturated rings. The number of ether oxygens (including phenoxy) is 3. The van der Waals surface area contributed by atoms with Crippen LogP contribution < -0.4 is 24.4 Å². The lowest BCUT2D eigenvalue weighted by Crippen LogP contribution is -2.50. The van der Waals surface area contributed by atoms with Crippen molar-refractivity contribution in [1.29, 1.82) is 0 Å². The number of nitrogens with one attached hydrogen (secondary N) is 1. The van der Waals surface area contributed by atoms with E-state index >= 15 is 0 Å². The number of urea groups is 1. The highest BCUT2D eigenvalue weighted by molar-refractivity contribution is 5.92. The summed E-state index contributed by atoms with van der Waals surface area (Å²) in [5, 5.41) is 3.84. The zero-order chi connectivity index (χ0) is 24.8. The molecule has 35 heavy (non-hydrogen) atoms. The van der Waals surface area contributed by atoms with E-state index in [0.717, 1.165) is 28.2 Å². The Morgan fingerprint density at radius 1 is 1.11 bits per heavy atom. The molecule has 3 aromatic rings. The topological polar surface area (TPSA) is 89.1 Å². The van der Waals surface area contributed by atoms with Crippen LogP contribution in [-0.4, -0.2) is 66.9 Å². The second-order valence-corrected chi connectivity index (χ2v) is 8.41. The number of carbonyl (C=O) groups is 1. The van der Waals surface area contributed by atoms with E-state index in [2.05, 4.69) is 26.8 Å². The number of fused-ring (bicyclic) bond motifs is 1. The minimum atomic E-state index is -0.125. The molecule has 2 aromatic carbocycles. The standard InChI is InChI=1S/C26H31N5O4/c1-5-14-34-24-16-22-21(15-23(24)33-4)25(28-17-27-22)30-10-12-31(13-11-30)26(32)29-19-6-8-20(9-7-19)35-18(2)3/h5-9,15-18H,1,10-14H2,2-4H3,(H,29,32). The third-order valence-corrected chi connectivity index (χ3v) is 5.60. The first-order valence-corrected chi connectivity index (χ1v) is 11.6. The molecule has 9 heteroatoms. The summed E-state index contributed by atoms with van der Waals surface area (Å²) in [6.45, 7) is 10.5. The number of hydrogen-bond acceptors (Lipinski definition) is 7. The van der Waals surface area contributed by atoms with Crippen molar-refractivity contribution in [3.63, 3.8) is 0 Å². The van der Waals surface area contributed by atoms with Crippen LogP contribution in [0.2, 0.25) is 0 Å². The number of hydrogen-bond donors (Lipinski definition) is 1. The number of nitrogens with zero attached hydrogens (tertiary/aromatic N) is 4. The zero-order valence-corrected chi connectivity index (χ0v) is 20.4. The van der Waals surface area contributed by atoms with Gasteiger partial charge in [-0.25, -0.2) is 14.8 Å². The summed E-state index contributed by atoms with van der Waals surface area (Å²) in [6.07, 6.45) is 3.33. The first-order valence-electron chi connectivity index (χ1n) is 11.6. The van der Waals surface area contributed by atoms with Crippen molar-refractivity contribution in [2.45, 2.75) is 20.0 Å². The van der Waals surface area contributed by atoms with Crippen molar-refractivity contribution in [3.8, 4) is 17.2 Å². The van der Waals surface area contributed by atoms with Gasteiger partial charge in [0.2, 0.25) is 0 Å². The van der Waals surface area contributed by atoms with Crippen molar-refractivity contribution >= 4 is 28.4 Å². The Labute approximate surface area is 205 Å². The second-order valence-electron chi connectivity index (χ2n) is 8.41. The molecular formula is C26H31N5O4. The molecule has 0 unspecified atom stereocenters. The molecule has 1 N–H and O–H groups in total. The highest BCUT2D eigenvalue weighted by Crippen LogP contribution is 2.35. The largest absolute Gasteiger partial charge is 0.493 e. The van der Waals surface area contributed by atoms with Crippen LogP contribution in [-0.2, 0) is 0 Å². The van der Waals surface area contributed by atoms with E-state index in [-0.39, 0.29) is 12.1 Å². The molecule has 4 rings (SSSR count). The number of anilines is 2. The van der Waals surface area contributed by atoms with E-state index in [0.29, 0.717) is 44.3 Å². The number of rotatable bonds is 8. The van der Waals surface area contributed by atoms with Gasteiger partial charge in [-0.1, -0.05) is 12.7 Å².